The zero-order valence-electron chi connectivity index (χ0n) is 18.0. The fraction of sp³-hybridized carbons (Fsp3) is 0.591. The predicted octanol–water partition coefficient (Wildman–Crippen LogP) is 6.79. The van der Waals surface area contributed by atoms with Crippen molar-refractivity contribution in [1.29, 1.82) is 0 Å². The molecule has 0 fully saturated rings. The molecular formula is C22H33ClN4OS. The molecule has 0 atom stereocenters. The molecule has 2 rings (SSSR count). The Morgan fingerprint density at radius 1 is 1.14 bits per heavy atom. The smallest absolute Gasteiger partial charge is 0.211 e. The third kappa shape index (κ3) is 7.67. The van der Waals surface area contributed by atoms with E-state index in [9.17, 15) is 0 Å². The van der Waals surface area contributed by atoms with Crippen LogP contribution in [-0.2, 0) is 0 Å². The summed E-state index contributed by atoms with van der Waals surface area (Å²) in [6.07, 6.45) is 12.6. The van der Waals surface area contributed by atoms with Crippen molar-refractivity contribution in [1.82, 2.24) is 14.9 Å². The molecular weight excluding hydrogens is 404 g/mol. The van der Waals surface area contributed by atoms with Gasteiger partial charge in [0.05, 0.1) is 17.8 Å². The van der Waals surface area contributed by atoms with Gasteiger partial charge in [-0.1, -0.05) is 82.7 Å². The van der Waals surface area contributed by atoms with Gasteiger partial charge in [0, 0.05) is 5.92 Å². The number of thioether (sulfide) groups is 1. The van der Waals surface area contributed by atoms with Gasteiger partial charge in [0.1, 0.15) is 5.75 Å². The van der Waals surface area contributed by atoms with Crippen LogP contribution >= 0.6 is 23.4 Å². The number of aromatic nitrogens is 3. The molecule has 7 heteroatoms. The molecule has 0 aliphatic rings. The molecule has 5 nitrogen and oxygen atoms in total. The number of unbranched alkanes of at least 4 members (excludes halogenated alkanes) is 6. The number of ether oxygens (including phenoxy) is 1. The van der Waals surface area contributed by atoms with Crippen LogP contribution in [0.15, 0.2) is 28.5 Å². The topological polar surface area (TPSA) is 52.3 Å². The second kappa shape index (κ2) is 12.9. The summed E-state index contributed by atoms with van der Waals surface area (Å²) in [5.41, 5.74) is 0.911. The summed E-state index contributed by atoms with van der Waals surface area (Å²) < 4.78 is 7.64. The maximum atomic E-state index is 6.41. The Morgan fingerprint density at radius 2 is 1.86 bits per heavy atom. The molecule has 2 aromatic rings. The van der Waals surface area contributed by atoms with Gasteiger partial charge >= 0.3 is 0 Å². The van der Waals surface area contributed by atoms with Crippen molar-refractivity contribution in [2.24, 2.45) is 5.10 Å². The molecule has 1 aromatic heterocycles. The number of benzene rings is 1. The van der Waals surface area contributed by atoms with Gasteiger partial charge in [0.25, 0.3) is 0 Å². The summed E-state index contributed by atoms with van der Waals surface area (Å²) in [5.74, 6) is 1.81. The van der Waals surface area contributed by atoms with Crippen LogP contribution in [0.5, 0.6) is 5.75 Å². The SMILES string of the molecule is CCCCCCCCCOc1ccc(/C=N\n2c(SC)nnc2C(C)C)cc1Cl. The Bertz CT molecular complexity index is 776. The Kier molecular flexibility index (Phi) is 10.6. The van der Waals surface area contributed by atoms with E-state index in [1.54, 1.807) is 10.9 Å². The van der Waals surface area contributed by atoms with Crippen molar-refractivity contribution in [2.45, 2.75) is 76.8 Å². The molecule has 0 spiro atoms. The van der Waals surface area contributed by atoms with E-state index in [4.69, 9.17) is 16.3 Å². The van der Waals surface area contributed by atoms with Crippen molar-refractivity contribution in [2.75, 3.05) is 12.9 Å². The summed E-state index contributed by atoms with van der Waals surface area (Å²) in [5, 5.41) is 14.4. The zero-order valence-corrected chi connectivity index (χ0v) is 19.6. The fourth-order valence-corrected chi connectivity index (χ4v) is 3.63. The summed E-state index contributed by atoms with van der Waals surface area (Å²) in [6, 6.07) is 5.76. The summed E-state index contributed by atoms with van der Waals surface area (Å²) in [7, 11) is 0. The van der Waals surface area contributed by atoms with E-state index in [0.717, 1.165) is 28.7 Å². The summed E-state index contributed by atoms with van der Waals surface area (Å²) >= 11 is 7.93. The molecule has 0 aliphatic heterocycles. The standard InChI is InChI=1S/C22H33ClN4OS/c1-5-6-7-8-9-10-11-14-28-20-13-12-18(15-19(20)23)16-24-27-21(17(2)3)25-26-22(27)29-4/h12-13,15-17H,5-11,14H2,1-4H3/b24-16-. The molecule has 1 aromatic carbocycles. The van der Waals surface area contributed by atoms with Crippen molar-refractivity contribution < 1.29 is 4.74 Å². The highest BCUT2D eigenvalue weighted by atomic mass is 35.5. The molecule has 0 bridgehead atoms. The molecule has 0 aliphatic carbocycles. The molecule has 0 amide bonds. The van der Waals surface area contributed by atoms with Gasteiger partial charge < -0.3 is 4.74 Å². The minimum absolute atomic E-state index is 0.242. The monoisotopic (exact) mass is 436 g/mol. The highest BCUT2D eigenvalue weighted by Crippen LogP contribution is 2.26. The highest BCUT2D eigenvalue weighted by molar-refractivity contribution is 7.98. The molecule has 0 saturated heterocycles. The van der Waals surface area contributed by atoms with E-state index in [1.165, 1.54) is 50.3 Å². The van der Waals surface area contributed by atoms with E-state index in [-0.39, 0.29) is 5.92 Å². The molecule has 0 saturated carbocycles. The fourth-order valence-electron chi connectivity index (χ4n) is 2.95. The minimum Gasteiger partial charge on any atom is -0.492 e. The normalized spacial score (nSPS) is 11.7. The minimum atomic E-state index is 0.242. The molecule has 29 heavy (non-hydrogen) atoms. The van der Waals surface area contributed by atoms with Crippen LogP contribution in [0.2, 0.25) is 5.02 Å². The third-order valence-electron chi connectivity index (χ3n) is 4.62. The first-order chi connectivity index (χ1) is 14.1. The van der Waals surface area contributed by atoms with Crippen molar-refractivity contribution >= 4 is 29.6 Å². The van der Waals surface area contributed by atoms with E-state index in [2.05, 4.69) is 36.1 Å². The average Bonchev–Trinajstić information content (AvgIpc) is 3.13. The van der Waals surface area contributed by atoms with Crippen molar-refractivity contribution in [3.05, 3.63) is 34.6 Å². The summed E-state index contributed by atoms with van der Waals surface area (Å²) in [6.45, 7) is 7.10. The average molecular weight is 437 g/mol. The molecule has 160 valence electrons. The Labute approximate surface area is 184 Å². The lowest BCUT2D eigenvalue weighted by molar-refractivity contribution is 0.304. The quantitative estimate of drug-likeness (QED) is 0.197. The second-order valence-corrected chi connectivity index (χ2v) is 8.60. The van der Waals surface area contributed by atoms with Gasteiger partial charge in [-0.2, -0.15) is 9.78 Å². The van der Waals surface area contributed by atoms with Gasteiger partial charge in [-0.3, -0.25) is 0 Å². The van der Waals surface area contributed by atoms with Crippen LogP contribution in [0, 0.1) is 0 Å². The number of hydrogen-bond acceptors (Lipinski definition) is 5. The molecule has 0 unspecified atom stereocenters. The van der Waals surface area contributed by atoms with E-state index in [0.29, 0.717) is 11.6 Å². The van der Waals surface area contributed by atoms with E-state index >= 15 is 0 Å². The van der Waals surface area contributed by atoms with Gasteiger partial charge in [-0.25, -0.2) is 0 Å². The summed E-state index contributed by atoms with van der Waals surface area (Å²) in [4.78, 5) is 0. The maximum absolute atomic E-state index is 6.41. The predicted molar refractivity (Wildman–Crippen MR) is 124 cm³/mol. The van der Waals surface area contributed by atoms with Crippen LogP contribution < -0.4 is 4.74 Å². The van der Waals surface area contributed by atoms with Gasteiger partial charge in [0.15, 0.2) is 5.82 Å². The first-order valence-corrected chi connectivity index (χ1v) is 12.1. The van der Waals surface area contributed by atoms with Crippen molar-refractivity contribution in [3.8, 4) is 5.75 Å². The Morgan fingerprint density at radius 3 is 2.52 bits per heavy atom. The van der Waals surface area contributed by atoms with Crippen LogP contribution in [0.3, 0.4) is 0 Å². The highest BCUT2D eigenvalue weighted by Gasteiger charge is 2.13. The number of halogens is 1. The number of hydrogen-bond donors (Lipinski definition) is 0. The lowest BCUT2D eigenvalue weighted by Crippen LogP contribution is -2.02. The number of nitrogens with zero attached hydrogens (tertiary/aromatic N) is 4. The van der Waals surface area contributed by atoms with Crippen LogP contribution in [-0.4, -0.2) is 34.0 Å². The Hall–Kier alpha value is -1.53. The Balaban J connectivity index is 1.88. The van der Waals surface area contributed by atoms with Gasteiger partial charge in [0.2, 0.25) is 5.16 Å². The first kappa shape index (κ1) is 23.7. The zero-order chi connectivity index (χ0) is 21.1. The second-order valence-electron chi connectivity index (χ2n) is 7.42. The van der Waals surface area contributed by atoms with Gasteiger partial charge in [-0.15, -0.1) is 10.2 Å². The lowest BCUT2D eigenvalue weighted by Gasteiger charge is -2.09. The van der Waals surface area contributed by atoms with E-state index < -0.39 is 0 Å². The largest absolute Gasteiger partial charge is 0.492 e. The molecule has 0 N–H and O–H groups in total. The third-order valence-corrected chi connectivity index (χ3v) is 5.53. The van der Waals surface area contributed by atoms with Crippen LogP contribution in [0.4, 0.5) is 0 Å². The van der Waals surface area contributed by atoms with E-state index in [1.807, 2.05) is 24.5 Å². The lowest BCUT2D eigenvalue weighted by atomic mass is 10.1. The first-order valence-electron chi connectivity index (χ1n) is 10.5. The molecule has 1 heterocycles. The van der Waals surface area contributed by atoms with Crippen molar-refractivity contribution in [3.63, 3.8) is 0 Å². The number of rotatable bonds is 13. The van der Waals surface area contributed by atoms with Gasteiger partial charge in [-0.05, 0) is 36.4 Å². The van der Waals surface area contributed by atoms with Crippen LogP contribution in [0.1, 0.15) is 83.0 Å². The molecule has 0 radical (unpaired) electrons. The van der Waals surface area contributed by atoms with Crippen LogP contribution in [0.25, 0.3) is 0 Å². The maximum Gasteiger partial charge on any atom is 0.211 e.